The van der Waals surface area contributed by atoms with Crippen molar-refractivity contribution >= 4 is 12.0 Å². The zero-order valence-electron chi connectivity index (χ0n) is 9.55. The van der Waals surface area contributed by atoms with Crippen molar-refractivity contribution in [3.63, 3.8) is 0 Å². The minimum absolute atomic E-state index is 0.0881. The van der Waals surface area contributed by atoms with Crippen LogP contribution >= 0.6 is 0 Å². The molecule has 0 aromatic heterocycles. The average molecular weight is 266 g/mol. The Labute approximate surface area is 101 Å². The van der Waals surface area contributed by atoms with E-state index in [9.17, 15) is 22.8 Å². The van der Waals surface area contributed by atoms with Gasteiger partial charge in [0.05, 0.1) is 6.42 Å². The second kappa shape index (κ2) is 4.42. The van der Waals surface area contributed by atoms with E-state index in [0.717, 1.165) is 0 Å². The lowest BCUT2D eigenvalue weighted by Gasteiger charge is -2.35. The third-order valence-electron chi connectivity index (χ3n) is 3.29. The SMILES string of the molecule is O=C1NC(=O)C2(CCN(CCC(F)(F)F)CC2)O1. The van der Waals surface area contributed by atoms with Gasteiger partial charge in [0.25, 0.3) is 5.91 Å². The fourth-order valence-electron chi connectivity index (χ4n) is 2.21. The van der Waals surface area contributed by atoms with Crippen LogP contribution in [-0.4, -0.2) is 48.3 Å². The van der Waals surface area contributed by atoms with E-state index < -0.39 is 30.2 Å². The molecule has 102 valence electrons. The van der Waals surface area contributed by atoms with Gasteiger partial charge in [-0.1, -0.05) is 0 Å². The number of rotatable bonds is 2. The van der Waals surface area contributed by atoms with Crippen LogP contribution in [-0.2, 0) is 9.53 Å². The number of nitrogens with one attached hydrogen (secondary N) is 1. The molecular formula is C10H13F3N2O3. The summed E-state index contributed by atoms with van der Waals surface area (Å²) >= 11 is 0. The van der Waals surface area contributed by atoms with Gasteiger partial charge >= 0.3 is 12.3 Å². The molecule has 0 aromatic carbocycles. The fourth-order valence-corrected chi connectivity index (χ4v) is 2.21. The van der Waals surface area contributed by atoms with Crippen molar-refractivity contribution < 1.29 is 27.5 Å². The number of imide groups is 1. The number of carbonyl (C=O) groups excluding carboxylic acids is 2. The molecule has 0 radical (unpaired) electrons. The Hall–Kier alpha value is -1.31. The van der Waals surface area contributed by atoms with Crippen LogP contribution in [0.5, 0.6) is 0 Å². The highest BCUT2D eigenvalue weighted by Gasteiger charge is 2.50. The van der Waals surface area contributed by atoms with Crippen LogP contribution in [0.25, 0.3) is 0 Å². The summed E-state index contributed by atoms with van der Waals surface area (Å²) in [5, 5.41) is 2.05. The van der Waals surface area contributed by atoms with Crippen LogP contribution < -0.4 is 5.32 Å². The maximum atomic E-state index is 12.1. The molecule has 0 atom stereocenters. The van der Waals surface area contributed by atoms with Crippen molar-refractivity contribution in [2.75, 3.05) is 19.6 Å². The molecule has 2 aliphatic rings. The normalized spacial score (nSPS) is 24.2. The summed E-state index contributed by atoms with van der Waals surface area (Å²) in [6, 6.07) is 0. The lowest BCUT2D eigenvalue weighted by atomic mass is 9.91. The number of nitrogens with zero attached hydrogens (tertiary/aromatic N) is 1. The van der Waals surface area contributed by atoms with Gasteiger partial charge < -0.3 is 9.64 Å². The van der Waals surface area contributed by atoms with Gasteiger partial charge in [-0.2, -0.15) is 13.2 Å². The molecule has 0 aromatic rings. The molecule has 0 saturated carbocycles. The lowest BCUT2D eigenvalue weighted by molar-refractivity contribution is -0.143. The Morgan fingerprint density at radius 1 is 1.28 bits per heavy atom. The first-order chi connectivity index (χ1) is 8.31. The molecule has 2 saturated heterocycles. The molecule has 2 amide bonds. The van der Waals surface area contributed by atoms with Gasteiger partial charge in [-0.15, -0.1) is 0 Å². The molecule has 8 heteroatoms. The van der Waals surface area contributed by atoms with Crippen molar-refractivity contribution in [1.82, 2.24) is 10.2 Å². The topological polar surface area (TPSA) is 58.6 Å². The van der Waals surface area contributed by atoms with Crippen LogP contribution in [0.15, 0.2) is 0 Å². The van der Waals surface area contributed by atoms with Crippen molar-refractivity contribution in [2.24, 2.45) is 0 Å². The quantitative estimate of drug-likeness (QED) is 0.811. The third-order valence-corrected chi connectivity index (χ3v) is 3.29. The molecule has 0 aliphatic carbocycles. The smallest absolute Gasteiger partial charge is 0.415 e. The van der Waals surface area contributed by atoms with Gasteiger partial charge in [0, 0.05) is 32.5 Å². The molecule has 1 N–H and O–H groups in total. The number of alkyl halides is 3. The maximum Gasteiger partial charge on any atom is 0.415 e. The summed E-state index contributed by atoms with van der Waals surface area (Å²) < 4.78 is 41.1. The molecule has 5 nitrogen and oxygen atoms in total. The number of halogens is 3. The number of likely N-dealkylation sites (tertiary alicyclic amines) is 1. The van der Waals surface area contributed by atoms with Crippen LogP contribution in [0.3, 0.4) is 0 Å². The average Bonchev–Trinajstić information content (AvgIpc) is 2.52. The van der Waals surface area contributed by atoms with E-state index >= 15 is 0 Å². The Balaban J connectivity index is 1.85. The second-order valence-corrected chi connectivity index (χ2v) is 4.54. The first-order valence-corrected chi connectivity index (χ1v) is 5.64. The summed E-state index contributed by atoms with van der Waals surface area (Å²) in [6.07, 6.45) is -5.34. The number of amides is 2. The Bertz CT molecular complexity index is 362. The van der Waals surface area contributed by atoms with E-state index in [1.807, 2.05) is 5.32 Å². The summed E-state index contributed by atoms with van der Waals surface area (Å²) in [5.41, 5.74) is -1.16. The summed E-state index contributed by atoms with van der Waals surface area (Å²) in [4.78, 5) is 24.1. The van der Waals surface area contributed by atoms with E-state index in [2.05, 4.69) is 0 Å². The number of carbonyl (C=O) groups is 2. The monoisotopic (exact) mass is 266 g/mol. The number of ether oxygens (including phenoxy) is 1. The molecule has 2 fully saturated rings. The van der Waals surface area contributed by atoms with Crippen LogP contribution in [0.2, 0.25) is 0 Å². The number of piperidine rings is 1. The summed E-state index contributed by atoms with van der Waals surface area (Å²) in [6.45, 7) is 0.544. The first-order valence-electron chi connectivity index (χ1n) is 5.64. The molecule has 0 bridgehead atoms. The van der Waals surface area contributed by atoms with Gasteiger partial charge in [-0.05, 0) is 0 Å². The van der Waals surface area contributed by atoms with E-state index in [1.54, 1.807) is 4.90 Å². The molecule has 0 unspecified atom stereocenters. The van der Waals surface area contributed by atoms with Gasteiger partial charge in [0.1, 0.15) is 0 Å². The summed E-state index contributed by atoms with van der Waals surface area (Å²) in [5.74, 6) is -0.483. The maximum absolute atomic E-state index is 12.1. The molecule has 2 heterocycles. The molecule has 2 aliphatic heterocycles. The predicted octanol–water partition coefficient (Wildman–Crippen LogP) is 1.04. The Morgan fingerprint density at radius 3 is 2.33 bits per heavy atom. The van der Waals surface area contributed by atoms with Gasteiger partial charge in [-0.25, -0.2) is 4.79 Å². The Morgan fingerprint density at radius 2 is 1.89 bits per heavy atom. The number of alkyl carbamates (subject to hydrolysis) is 1. The molecule has 1 spiro atoms. The van der Waals surface area contributed by atoms with Crippen molar-refractivity contribution in [3.8, 4) is 0 Å². The highest BCUT2D eigenvalue weighted by molar-refractivity contribution is 6.02. The number of hydrogen-bond donors (Lipinski definition) is 1. The van der Waals surface area contributed by atoms with Crippen LogP contribution in [0, 0.1) is 0 Å². The summed E-state index contributed by atoms with van der Waals surface area (Å²) in [7, 11) is 0. The minimum atomic E-state index is -4.17. The highest BCUT2D eigenvalue weighted by atomic mass is 19.4. The second-order valence-electron chi connectivity index (χ2n) is 4.54. The highest BCUT2D eigenvalue weighted by Crippen LogP contribution is 2.31. The van der Waals surface area contributed by atoms with Crippen LogP contribution in [0.1, 0.15) is 19.3 Å². The predicted molar refractivity (Wildman–Crippen MR) is 53.7 cm³/mol. The van der Waals surface area contributed by atoms with Gasteiger partial charge in [0.2, 0.25) is 0 Å². The Kier molecular flexibility index (Phi) is 3.22. The standard InChI is InChI=1S/C10H13F3N2O3/c11-10(12,13)3-6-15-4-1-9(2-5-15)7(16)14-8(17)18-9/h1-6H2,(H,14,16,17). The molecule has 18 heavy (non-hydrogen) atoms. The zero-order valence-corrected chi connectivity index (χ0v) is 9.55. The third kappa shape index (κ3) is 2.74. The van der Waals surface area contributed by atoms with E-state index in [-0.39, 0.29) is 19.4 Å². The lowest BCUT2D eigenvalue weighted by Crippen LogP contribution is -2.49. The number of hydrogen-bond acceptors (Lipinski definition) is 4. The molecular weight excluding hydrogens is 253 g/mol. The fraction of sp³-hybridized carbons (Fsp3) is 0.800. The van der Waals surface area contributed by atoms with Crippen LogP contribution in [0.4, 0.5) is 18.0 Å². The van der Waals surface area contributed by atoms with Gasteiger partial charge in [0.15, 0.2) is 5.60 Å². The first kappa shape index (κ1) is 13.1. The van der Waals surface area contributed by atoms with E-state index in [1.165, 1.54) is 0 Å². The van der Waals surface area contributed by atoms with Gasteiger partial charge in [-0.3, -0.25) is 10.1 Å². The minimum Gasteiger partial charge on any atom is -0.432 e. The van der Waals surface area contributed by atoms with Crippen molar-refractivity contribution in [1.29, 1.82) is 0 Å². The molecule has 2 rings (SSSR count). The zero-order chi connectivity index (χ0) is 13.4. The largest absolute Gasteiger partial charge is 0.432 e. The van der Waals surface area contributed by atoms with Crippen molar-refractivity contribution in [3.05, 3.63) is 0 Å². The van der Waals surface area contributed by atoms with E-state index in [4.69, 9.17) is 4.74 Å². The van der Waals surface area contributed by atoms with Crippen molar-refractivity contribution in [2.45, 2.75) is 31.0 Å². The van der Waals surface area contributed by atoms with E-state index in [0.29, 0.717) is 13.1 Å².